The summed E-state index contributed by atoms with van der Waals surface area (Å²) in [5.74, 6) is -1.20. The third-order valence-electron chi connectivity index (χ3n) is 3.76. The van der Waals surface area contributed by atoms with E-state index in [4.69, 9.17) is 10.8 Å². The molecule has 102 valence electrons. The first-order chi connectivity index (χ1) is 9.09. The topological polar surface area (TPSA) is 83.6 Å². The largest absolute Gasteiger partial charge is 0.480 e. The molecule has 1 saturated carbocycles. The van der Waals surface area contributed by atoms with E-state index in [9.17, 15) is 9.59 Å². The molecule has 0 bridgehead atoms. The second kappa shape index (κ2) is 5.40. The van der Waals surface area contributed by atoms with E-state index in [0.29, 0.717) is 5.69 Å². The summed E-state index contributed by atoms with van der Waals surface area (Å²) < 4.78 is 0. The van der Waals surface area contributed by atoms with Crippen LogP contribution in [0.25, 0.3) is 0 Å². The Morgan fingerprint density at radius 1 is 1.26 bits per heavy atom. The second-order valence-electron chi connectivity index (χ2n) is 4.96. The summed E-state index contributed by atoms with van der Waals surface area (Å²) in [6.45, 7) is -0.0562. The smallest absolute Gasteiger partial charge is 0.323 e. The first-order valence-electron chi connectivity index (χ1n) is 6.38. The zero-order chi connectivity index (χ0) is 13.9. The Balaban J connectivity index is 2.28. The summed E-state index contributed by atoms with van der Waals surface area (Å²) in [5, 5.41) is 9.00. The number of aliphatic carboxylic acids is 1. The Kier molecular flexibility index (Phi) is 3.85. The Labute approximate surface area is 112 Å². The number of nitrogens with zero attached hydrogens (tertiary/aromatic N) is 1. The van der Waals surface area contributed by atoms with Crippen LogP contribution < -0.4 is 10.6 Å². The van der Waals surface area contributed by atoms with Gasteiger partial charge >= 0.3 is 5.97 Å². The van der Waals surface area contributed by atoms with Crippen LogP contribution >= 0.6 is 0 Å². The van der Waals surface area contributed by atoms with E-state index in [2.05, 4.69) is 0 Å². The van der Waals surface area contributed by atoms with Crippen molar-refractivity contribution < 1.29 is 14.7 Å². The van der Waals surface area contributed by atoms with Gasteiger partial charge in [-0.1, -0.05) is 24.6 Å². The molecular weight excluding hydrogens is 244 g/mol. The van der Waals surface area contributed by atoms with Crippen molar-refractivity contribution in [3.05, 3.63) is 30.3 Å². The van der Waals surface area contributed by atoms with Gasteiger partial charge in [0.1, 0.15) is 6.54 Å². The van der Waals surface area contributed by atoms with E-state index in [1.165, 1.54) is 4.90 Å². The quantitative estimate of drug-likeness (QED) is 0.836. The number of carboxylic acids is 1. The average Bonchev–Trinajstić information content (AvgIpc) is 2.36. The summed E-state index contributed by atoms with van der Waals surface area (Å²) in [6, 6.07) is 8.88. The fourth-order valence-corrected chi connectivity index (χ4v) is 2.42. The van der Waals surface area contributed by atoms with E-state index in [1.807, 2.05) is 6.07 Å². The Hall–Kier alpha value is -1.88. The molecule has 3 N–H and O–H groups in total. The Morgan fingerprint density at radius 3 is 2.32 bits per heavy atom. The minimum Gasteiger partial charge on any atom is -0.480 e. The lowest BCUT2D eigenvalue weighted by atomic mass is 9.67. The van der Waals surface area contributed by atoms with Gasteiger partial charge in [0.2, 0.25) is 5.91 Å². The van der Waals surface area contributed by atoms with Crippen LogP contribution in [0.3, 0.4) is 0 Å². The fraction of sp³-hybridized carbons (Fsp3) is 0.429. The maximum Gasteiger partial charge on any atom is 0.323 e. The third-order valence-corrected chi connectivity index (χ3v) is 3.76. The van der Waals surface area contributed by atoms with Gasteiger partial charge in [0, 0.05) is 12.2 Å². The summed E-state index contributed by atoms with van der Waals surface area (Å²) in [7, 11) is 0. The van der Waals surface area contributed by atoms with Gasteiger partial charge in [-0.15, -0.1) is 0 Å². The predicted octanol–water partition coefficient (Wildman–Crippen LogP) is 1.23. The molecule has 0 saturated heterocycles. The number of amides is 1. The maximum atomic E-state index is 12.6. The SMILES string of the molecule is NCC1(C(=O)N(CC(=O)O)c2ccccc2)CCC1. The first kappa shape index (κ1) is 13.5. The third kappa shape index (κ3) is 2.61. The number of hydrogen-bond acceptors (Lipinski definition) is 3. The molecule has 1 amide bonds. The predicted molar refractivity (Wildman–Crippen MR) is 71.8 cm³/mol. The zero-order valence-electron chi connectivity index (χ0n) is 10.7. The van der Waals surface area contributed by atoms with Gasteiger partial charge < -0.3 is 15.7 Å². The number of carbonyl (C=O) groups is 2. The molecule has 0 aromatic heterocycles. The lowest BCUT2D eigenvalue weighted by Crippen LogP contribution is -2.53. The molecule has 2 rings (SSSR count). The Bertz CT molecular complexity index is 463. The molecular formula is C14H18N2O3. The highest BCUT2D eigenvalue weighted by Crippen LogP contribution is 2.42. The van der Waals surface area contributed by atoms with E-state index < -0.39 is 11.4 Å². The van der Waals surface area contributed by atoms with Gasteiger partial charge in [-0.25, -0.2) is 0 Å². The van der Waals surface area contributed by atoms with Crippen LogP contribution in [0.2, 0.25) is 0 Å². The molecule has 1 aromatic carbocycles. The zero-order valence-corrected chi connectivity index (χ0v) is 10.7. The van der Waals surface area contributed by atoms with Gasteiger partial charge in [0.15, 0.2) is 0 Å². The highest BCUT2D eigenvalue weighted by molar-refractivity contribution is 6.01. The lowest BCUT2D eigenvalue weighted by molar-refractivity contribution is -0.139. The number of rotatable bonds is 5. The highest BCUT2D eigenvalue weighted by atomic mass is 16.4. The number of hydrogen-bond donors (Lipinski definition) is 2. The van der Waals surface area contributed by atoms with Crippen molar-refractivity contribution in [2.45, 2.75) is 19.3 Å². The standard InChI is InChI=1S/C14H18N2O3/c15-10-14(7-4-8-14)13(19)16(9-12(17)18)11-5-2-1-3-6-11/h1-3,5-6H,4,7-10,15H2,(H,17,18). The molecule has 0 heterocycles. The van der Waals surface area contributed by atoms with Crippen molar-refractivity contribution in [1.29, 1.82) is 0 Å². The summed E-state index contributed by atoms with van der Waals surface area (Å²) >= 11 is 0. The minimum absolute atomic E-state index is 0.171. The van der Waals surface area contributed by atoms with Crippen LogP contribution in [0, 0.1) is 5.41 Å². The summed E-state index contributed by atoms with van der Waals surface area (Å²) in [6.07, 6.45) is 2.45. The molecule has 5 nitrogen and oxygen atoms in total. The summed E-state index contributed by atoms with van der Waals surface area (Å²) in [4.78, 5) is 24.9. The van der Waals surface area contributed by atoms with E-state index in [0.717, 1.165) is 19.3 Å². The Morgan fingerprint density at radius 2 is 1.89 bits per heavy atom. The number of benzene rings is 1. The normalized spacial score (nSPS) is 16.5. The van der Waals surface area contributed by atoms with Crippen molar-refractivity contribution in [3.63, 3.8) is 0 Å². The van der Waals surface area contributed by atoms with Crippen molar-refractivity contribution in [3.8, 4) is 0 Å². The van der Waals surface area contributed by atoms with Crippen molar-refractivity contribution >= 4 is 17.6 Å². The number of carboxylic acid groups (broad SMARTS) is 1. The summed E-state index contributed by atoms with van der Waals surface area (Å²) in [5.41, 5.74) is 5.76. The molecule has 1 aliphatic rings. The molecule has 0 aliphatic heterocycles. The van der Waals surface area contributed by atoms with E-state index >= 15 is 0 Å². The van der Waals surface area contributed by atoms with Gasteiger partial charge in [-0.3, -0.25) is 9.59 Å². The highest BCUT2D eigenvalue weighted by Gasteiger charge is 2.45. The molecule has 1 fully saturated rings. The fourth-order valence-electron chi connectivity index (χ4n) is 2.42. The van der Waals surface area contributed by atoms with Gasteiger partial charge in [0.05, 0.1) is 5.41 Å². The first-order valence-corrected chi connectivity index (χ1v) is 6.38. The van der Waals surface area contributed by atoms with Crippen LogP contribution in [-0.2, 0) is 9.59 Å². The molecule has 0 radical (unpaired) electrons. The number of carbonyl (C=O) groups excluding carboxylic acids is 1. The number of anilines is 1. The van der Waals surface area contributed by atoms with Crippen LogP contribution in [0.5, 0.6) is 0 Å². The van der Waals surface area contributed by atoms with Crippen LogP contribution in [-0.4, -0.2) is 30.1 Å². The van der Waals surface area contributed by atoms with Gasteiger partial charge in [-0.05, 0) is 25.0 Å². The van der Waals surface area contributed by atoms with Crippen molar-refractivity contribution in [2.24, 2.45) is 11.1 Å². The number of para-hydroxylation sites is 1. The molecule has 19 heavy (non-hydrogen) atoms. The van der Waals surface area contributed by atoms with Gasteiger partial charge in [0.25, 0.3) is 0 Å². The second-order valence-corrected chi connectivity index (χ2v) is 4.96. The molecule has 1 aliphatic carbocycles. The average molecular weight is 262 g/mol. The lowest BCUT2D eigenvalue weighted by Gasteiger charge is -2.42. The molecule has 0 unspecified atom stereocenters. The number of nitrogens with two attached hydrogens (primary N) is 1. The maximum absolute atomic E-state index is 12.6. The van der Waals surface area contributed by atoms with E-state index in [1.54, 1.807) is 24.3 Å². The van der Waals surface area contributed by atoms with Crippen LogP contribution in [0.4, 0.5) is 5.69 Å². The van der Waals surface area contributed by atoms with E-state index in [-0.39, 0.29) is 19.0 Å². The van der Waals surface area contributed by atoms with Crippen molar-refractivity contribution in [1.82, 2.24) is 0 Å². The molecule has 0 spiro atoms. The van der Waals surface area contributed by atoms with Gasteiger partial charge in [-0.2, -0.15) is 0 Å². The monoisotopic (exact) mass is 262 g/mol. The molecule has 5 heteroatoms. The molecule has 1 aromatic rings. The molecule has 0 atom stereocenters. The van der Waals surface area contributed by atoms with Crippen LogP contribution in [0.15, 0.2) is 30.3 Å². The minimum atomic E-state index is -1.02. The van der Waals surface area contributed by atoms with Crippen molar-refractivity contribution in [2.75, 3.05) is 18.0 Å². The van der Waals surface area contributed by atoms with Crippen LogP contribution in [0.1, 0.15) is 19.3 Å².